The van der Waals surface area contributed by atoms with Crippen LogP contribution in [0.3, 0.4) is 0 Å². The highest BCUT2D eigenvalue weighted by atomic mass is 15.2. The minimum absolute atomic E-state index is 0.208. The van der Waals surface area contributed by atoms with Crippen molar-refractivity contribution in [2.75, 3.05) is 39.3 Å². The average molecular weight is 353 g/mol. The molecule has 0 aromatic heterocycles. The lowest BCUT2D eigenvalue weighted by Gasteiger charge is -2.49. The molecule has 0 amide bonds. The number of likely N-dealkylation sites (tertiary alicyclic amines) is 2. The van der Waals surface area contributed by atoms with Crippen LogP contribution in [0.1, 0.15) is 74.1 Å². The second-order valence-corrected chi connectivity index (χ2v) is 10.9. The van der Waals surface area contributed by atoms with Gasteiger partial charge in [-0.05, 0) is 92.3 Å². The van der Waals surface area contributed by atoms with E-state index >= 15 is 0 Å². The molecule has 2 heterocycles. The van der Waals surface area contributed by atoms with Gasteiger partial charge in [-0.1, -0.05) is 6.92 Å². The van der Waals surface area contributed by atoms with Gasteiger partial charge in [-0.3, -0.25) is 9.80 Å². The van der Waals surface area contributed by atoms with E-state index in [0.717, 1.165) is 13.1 Å². The minimum Gasteiger partial charge on any atom is -0.330 e. The molecule has 0 aromatic rings. The summed E-state index contributed by atoms with van der Waals surface area (Å²) in [6.45, 7) is 23.2. The van der Waals surface area contributed by atoms with Crippen molar-refractivity contribution in [2.45, 2.75) is 90.8 Å². The third-order valence-electron chi connectivity index (χ3n) is 7.08. The molecule has 0 spiro atoms. The Balaban J connectivity index is 1.84. The molecule has 2 rings (SSSR count). The van der Waals surface area contributed by atoms with Gasteiger partial charge in [0.25, 0.3) is 0 Å². The molecule has 148 valence electrons. The molecule has 2 aliphatic rings. The first-order valence-corrected chi connectivity index (χ1v) is 10.3. The number of nitrogens with zero attached hydrogens (tertiary/aromatic N) is 2. The zero-order valence-corrected chi connectivity index (χ0v) is 18.0. The molecule has 0 aliphatic carbocycles. The molecular formula is C21H44N4. The van der Waals surface area contributed by atoms with Gasteiger partial charge >= 0.3 is 0 Å². The summed E-state index contributed by atoms with van der Waals surface area (Å²) in [5.74, 6) is 0. The van der Waals surface area contributed by atoms with E-state index in [4.69, 9.17) is 5.73 Å². The monoisotopic (exact) mass is 352 g/mol. The molecule has 0 bridgehead atoms. The molecular weight excluding hydrogens is 308 g/mol. The third-order valence-corrected chi connectivity index (χ3v) is 7.08. The van der Waals surface area contributed by atoms with Gasteiger partial charge in [-0.2, -0.15) is 0 Å². The molecule has 0 atom stereocenters. The lowest BCUT2D eigenvalue weighted by Crippen LogP contribution is -2.61. The van der Waals surface area contributed by atoms with Crippen molar-refractivity contribution >= 4 is 0 Å². The Hall–Kier alpha value is -0.160. The van der Waals surface area contributed by atoms with Crippen molar-refractivity contribution in [2.24, 2.45) is 11.1 Å². The van der Waals surface area contributed by atoms with Crippen molar-refractivity contribution in [1.82, 2.24) is 15.1 Å². The molecule has 0 unspecified atom stereocenters. The maximum atomic E-state index is 5.97. The molecule has 25 heavy (non-hydrogen) atoms. The van der Waals surface area contributed by atoms with Crippen LogP contribution in [0.5, 0.6) is 0 Å². The highest BCUT2D eigenvalue weighted by Gasteiger charge is 2.38. The third kappa shape index (κ3) is 5.41. The Labute approximate surface area is 156 Å². The van der Waals surface area contributed by atoms with Crippen LogP contribution in [0.2, 0.25) is 0 Å². The predicted octanol–water partition coefficient (Wildman–Crippen LogP) is 3.07. The Bertz CT molecular complexity index is 422. The highest BCUT2D eigenvalue weighted by molar-refractivity contribution is 4.97. The number of nitrogens with one attached hydrogen (secondary N) is 1. The van der Waals surface area contributed by atoms with E-state index < -0.39 is 0 Å². The summed E-state index contributed by atoms with van der Waals surface area (Å²) in [6.07, 6.45) is 4.94. The van der Waals surface area contributed by atoms with Crippen LogP contribution >= 0.6 is 0 Å². The van der Waals surface area contributed by atoms with Gasteiger partial charge in [-0.15, -0.1) is 0 Å². The normalized spacial score (nSPS) is 25.9. The van der Waals surface area contributed by atoms with Crippen LogP contribution < -0.4 is 11.1 Å². The van der Waals surface area contributed by atoms with Crippen LogP contribution in [-0.4, -0.2) is 65.7 Å². The first kappa shape index (κ1) is 21.1. The maximum absolute atomic E-state index is 5.97. The molecule has 0 saturated carbocycles. The van der Waals surface area contributed by atoms with Crippen LogP contribution in [-0.2, 0) is 0 Å². The Kier molecular flexibility index (Phi) is 6.31. The fraction of sp³-hybridized carbons (Fsp3) is 1.00. The zero-order valence-electron chi connectivity index (χ0n) is 18.0. The van der Waals surface area contributed by atoms with Crippen LogP contribution in [0.15, 0.2) is 0 Å². The Morgan fingerprint density at radius 1 is 0.840 bits per heavy atom. The molecule has 0 aromatic carbocycles. The number of nitrogens with two attached hydrogens (primary N) is 1. The second-order valence-electron chi connectivity index (χ2n) is 10.9. The molecule has 2 saturated heterocycles. The van der Waals surface area contributed by atoms with Crippen LogP contribution in [0.4, 0.5) is 0 Å². The number of piperidine rings is 2. The van der Waals surface area contributed by atoms with Gasteiger partial charge in [0, 0.05) is 36.3 Å². The van der Waals surface area contributed by atoms with E-state index in [1.54, 1.807) is 0 Å². The standard InChI is InChI=1S/C21H44N4/c1-18(2,3)24-14-10-21(7,11-15-24)23-17-19(4,5)25-12-8-20(6,16-22)9-13-25/h23H,8-17,22H2,1-7H3. The quantitative estimate of drug-likeness (QED) is 0.798. The fourth-order valence-corrected chi connectivity index (χ4v) is 4.25. The summed E-state index contributed by atoms with van der Waals surface area (Å²) < 4.78 is 0. The SMILES string of the molecule is CC1(CN)CCN(C(C)(C)CNC2(C)CCN(C(C)(C)C)CC2)CC1. The second kappa shape index (κ2) is 7.46. The van der Waals surface area contributed by atoms with Gasteiger partial charge in [0.2, 0.25) is 0 Å². The van der Waals surface area contributed by atoms with Gasteiger partial charge in [-0.25, -0.2) is 0 Å². The lowest BCUT2D eigenvalue weighted by atomic mass is 9.79. The molecule has 4 nitrogen and oxygen atoms in total. The molecule has 4 heteroatoms. The van der Waals surface area contributed by atoms with Crippen molar-refractivity contribution in [3.8, 4) is 0 Å². The van der Waals surface area contributed by atoms with Crippen molar-refractivity contribution in [3.63, 3.8) is 0 Å². The number of hydrogen-bond donors (Lipinski definition) is 2. The maximum Gasteiger partial charge on any atom is 0.0277 e. The van der Waals surface area contributed by atoms with E-state index in [1.165, 1.54) is 51.9 Å². The van der Waals surface area contributed by atoms with Crippen molar-refractivity contribution < 1.29 is 0 Å². The first-order chi connectivity index (χ1) is 11.4. The topological polar surface area (TPSA) is 44.5 Å². The van der Waals surface area contributed by atoms with Crippen molar-refractivity contribution in [3.05, 3.63) is 0 Å². The van der Waals surface area contributed by atoms with E-state index in [9.17, 15) is 0 Å². The average Bonchev–Trinajstić information content (AvgIpc) is 2.53. The Morgan fingerprint density at radius 3 is 1.76 bits per heavy atom. The summed E-state index contributed by atoms with van der Waals surface area (Å²) in [4.78, 5) is 5.30. The van der Waals surface area contributed by atoms with Gasteiger partial charge in [0.1, 0.15) is 0 Å². The summed E-state index contributed by atoms with van der Waals surface area (Å²) in [5.41, 5.74) is 7.11. The van der Waals surface area contributed by atoms with Gasteiger partial charge < -0.3 is 11.1 Å². The van der Waals surface area contributed by atoms with Gasteiger partial charge in [0.15, 0.2) is 0 Å². The zero-order chi connectivity index (χ0) is 18.9. The minimum atomic E-state index is 0.208. The van der Waals surface area contributed by atoms with E-state index in [1.807, 2.05) is 0 Å². The fourth-order valence-electron chi connectivity index (χ4n) is 4.25. The number of hydrogen-bond acceptors (Lipinski definition) is 4. The predicted molar refractivity (Wildman–Crippen MR) is 109 cm³/mol. The Morgan fingerprint density at radius 2 is 1.32 bits per heavy atom. The molecule has 2 aliphatic heterocycles. The summed E-state index contributed by atoms with van der Waals surface area (Å²) in [5, 5.41) is 3.95. The van der Waals surface area contributed by atoms with Crippen LogP contribution in [0.25, 0.3) is 0 Å². The van der Waals surface area contributed by atoms with Crippen LogP contribution in [0, 0.1) is 5.41 Å². The summed E-state index contributed by atoms with van der Waals surface area (Å²) in [7, 11) is 0. The molecule has 2 fully saturated rings. The smallest absolute Gasteiger partial charge is 0.0277 e. The van der Waals surface area contributed by atoms with Crippen molar-refractivity contribution in [1.29, 1.82) is 0 Å². The van der Waals surface area contributed by atoms with Gasteiger partial charge in [0.05, 0.1) is 0 Å². The summed E-state index contributed by atoms with van der Waals surface area (Å²) in [6, 6.07) is 0. The summed E-state index contributed by atoms with van der Waals surface area (Å²) >= 11 is 0. The largest absolute Gasteiger partial charge is 0.330 e. The van der Waals surface area contributed by atoms with E-state index in [0.29, 0.717) is 11.0 Å². The highest BCUT2D eigenvalue weighted by Crippen LogP contribution is 2.33. The van der Waals surface area contributed by atoms with E-state index in [-0.39, 0.29) is 11.1 Å². The first-order valence-electron chi connectivity index (χ1n) is 10.3. The molecule has 0 radical (unpaired) electrons. The lowest BCUT2D eigenvalue weighted by molar-refractivity contribution is 0.0295. The van der Waals surface area contributed by atoms with E-state index in [2.05, 4.69) is 63.6 Å². The molecule has 3 N–H and O–H groups in total. The number of rotatable bonds is 5.